The van der Waals surface area contributed by atoms with Gasteiger partial charge in [-0.05, 0) is 25.7 Å². The van der Waals surface area contributed by atoms with Gasteiger partial charge in [0.05, 0.1) is 7.11 Å². The third-order valence-electron chi connectivity index (χ3n) is 4.82. The molecule has 1 aliphatic rings. The van der Waals surface area contributed by atoms with E-state index >= 15 is 0 Å². The Labute approximate surface area is 182 Å². The molecule has 1 saturated carbocycles. The van der Waals surface area contributed by atoms with Gasteiger partial charge in [-0.1, -0.05) is 17.9 Å². The molecule has 0 amide bonds. The Morgan fingerprint density at radius 3 is 2.28 bits per heavy atom. The molecule has 5 nitrogen and oxygen atoms in total. The summed E-state index contributed by atoms with van der Waals surface area (Å²) in [5, 5.41) is 0. The summed E-state index contributed by atoms with van der Waals surface area (Å²) < 4.78 is 4.51. The predicted octanol–water partition coefficient (Wildman–Crippen LogP) is 4.28. The summed E-state index contributed by atoms with van der Waals surface area (Å²) in [7, 11) is 1.37. The van der Waals surface area contributed by atoms with E-state index in [1.165, 1.54) is 7.11 Å². The van der Waals surface area contributed by atoms with Crippen molar-refractivity contribution >= 4 is 23.3 Å². The summed E-state index contributed by atoms with van der Waals surface area (Å²) >= 11 is 0. The van der Waals surface area contributed by atoms with Gasteiger partial charge in [0.15, 0.2) is 0 Å². The Bertz CT molecular complexity index is 774. The standard InChI is InChI=1S/C12H15O3.C11H11O2.Fe/c1-15-12(14)9-5-4-8-11(13)10-6-2-3-7-10;12-10-7-3-6-9(10)11(13)8-4-1-2-5-8;/h2-3,6-7H,4-5,8-9H2,1H3;1-2,4-5,9H,3,6-7H2;/q-1;-5;. The number of rotatable bonds is 8. The van der Waals surface area contributed by atoms with Crippen molar-refractivity contribution in [3.63, 3.8) is 0 Å². The van der Waals surface area contributed by atoms with E-state index in [9.17, 15) is 19.2 Å². The third-order valence-corrected chi connectivity index (χ3v) is 4.82. The minimum absolute atomic E-state index is 0. The smallest absolute Gasteiger partial charge is 0.305 e. The van der Waals surface area contributed by atoms with Crippen molar-refractivity contribution in [3.8, 4) is 0 Å². The first-order valence-corrected chi connectivity index (χ1v) is 9.63. The minimum atomic E-state index is -0.345. The third kappa shape index (κ3) is 7.92. The molecule has 6 heteroatoms. The first-order valence-electron chi connectivity index (χ1n) is 9.63. The van der Waals surface area contributed by atoms with Gasteiger partial charge >= 0.3 is 5.97 Å². The molecule has 1 atom stereocenters. The van der Waals surface area contributed by atoms with Crippen molar-refractivity contribution in [2.24, 2.45) is 5.92 Å². The maximum atomic E-state index is 11.7. The van der Waals surface area contributed by atoms with E-state index in [-0.39, 0.29) is 46.3 Å². The molecule has 0 bridgehead atoms. The van der Waals surface area contributed by atoms with Crippen molar-refractivity contribution in [1.82, 2.24) is 0 Å². The predicted molar refractivity (Wildman–Crippen MR) is 106 cm³/mol. The van der Waals surface area contributed by atoms with Crippen molar-refractivity contribution in [1.29, 1.82) is 0 Å². The average Bonchev–Trinajstić information content (AvgIpc) is 3.47. The van der Waals surface area contributed by atoms with Crippen LogP contribution in [0, 0.1) is 5.92 Å². The zero-order chi connectivity index (χ0) is 20.4. The molecule has 29 heavy (non-hydrogen) atoms. The van der Waals surface area contributed by atoms with Crippen molar-refractivity contribution in [3.05, 3.63) is 59.7 Å². The molecule has 0 saturated heterocycles. The number of Topliss-reactive ketones (excluding diaryl/α,β-unsaturated/α-hetero) is 3. The Hall–Kier alpha value is -2.30. The van der Waals surface area contributed by atoms with Crippen LogP contribution in [0.15, 0.2) is 48.5 Å². The number of esters is 1. The van der Waals surface area contributed by atoms with E-state index in [0.717, 1.165) is 24.8 Å². The number of unbranched alkanes of at least 4 members (excludes halogenated alkanes) is 1. The van der Waals surface area contributed by atoms with E-state index in [2.05, 4.69) is 4.74 Å². The van der Waals surface area contributed by atoms with Crippen molar-refractivity contribution in [2.75, 3.05) is 7.11 Å². The number of ketones is 3. The number of carbonyl (C=O) groups excluding carboxylic acids is 4. The number of carbonyl (C=O) groups is 4. The Kier molecular flexibility index (Phi) is 11.1. The van der Waals surface area contributed by atoms with E-state index in [0.29, 0.717) is 31.2 Å². The molecule has 0 spiro atoms. The van der Waals surface area contributed by atoms with Gasteiger partial charge in [0, 0.05) is 29.9 Å². The second-order valence-electron chi connectivity index (χ2n) is 6.83. The van der Waals surface area contributed by atoms with Crippen LogP contribution in [-0.2, 0) is 31.4 Å². The molecule has 2 aromatic rings. The van der Waals surface area contributed by atoms with Gasteiger partial charge in [-0.15, -0.1) is 0 Å². The number of methoxy groups -OCH3 is 1. The Balaban J connectivity index is 0.000000282. The molecule has 3 rings (SSSR count). The van der Waals surface area contributed by atoms with Crippen LogP contribution in [0.1, 0.15) is 65.7 Å². The van der Waals surface area contributed by atoms with Crippen molar-refractivity contribution < 1.29 is 41.0 Å². The summed E-state index contributed by atoms with van der Waals surface area (Å²) in [5.74, 6) is -0.290. The molecular weight excluding hydrogens is 412 g/mol. The summed E-state index contributed by atoms with van der Waals surface area (Å²) in [6.45, 7) is 0. The fourth-order valence-corrected chi connectivity index (χ4v) is 3.19. The van der Waals surface area contributed by atoms with Crippen LogP contribution in [0.4, 0.5) is 0 Å². The second-order valence-corrected chi connectivity index (χ2v) is 6.83. The summed E-state index contributed by atoms with van der Waals surface area (Å²) in [5.41, 5.74) is 1.44. The summed E-state index contributed by atoms with van der Waals surface area (Å²) in [6.07, 6.45) is 4.53. The van der Waals surface area contributed by atoms with Crippen LogP contribution >= 0.6 is 0 Å². The molecule has 162 valence electrons. The molecule has 2 aromatic carbocycles. The molecule has 1 fully saturated rings. The van der Waals surface area contributed by atoms with Gasteiger partial charge in [-0.3, -0.25) is 4.79 Å². The van der Waals surface area contributed by atoms with Crippen LogP contribution in [0.25, 0.3) is 0 Å². The molecule has 0 radical (unpaired) electrons. The quantitative estimate of drug-likeness (QED) is 0.154. The SMILES string of the molecule is COC(=O)CCCCC(=O)[c-]1cccc1.O=C1CCCC1C(=O)[c-]1[cH-][cH-][cH-][cH-]1.[Fe]. The fraction of sp³-hybridized carbons (Fsp3) is 0.391. The minimum Gasteiger partial charge on any atom is -0.717 e. The van der Waals surface area contributed by atoms with E-state index in [1.807, 2.05) is 36.4 Å². The van der Waals surface area contributed by atoms with E-state index in [1.54, 1.807) is 12.1 Å². The normalized spacial score (nSPS) is 15.1. The Morgan fingerprint density at radius 1 is 1.10 bits per heavy atom. The monoisotopic (exact) mass is 438 g/mol. The van der Waals surface area contributed by atoms with Gasteiger partial charge in [0.25, 0.3) is 0 Å². The largest absolute Gasteiger partial charge is 0.717 e. The van der Waals surface area contributed by atoms with Gasteiger partial charge < -0.3 is 48.9 Å². The molecule has 0 heterocycles. The van der Waals surface area contributed by atoms with Crippen LogP contribution in [0.3, 0.4) is 0 Å². The molecule has 1 aliphatic carbocycles. The number of hydrogen-bond donors (Lipinski definition) is 0. The van der Waals surface area contributed by atoms with Crippen molar-refractivity contribution in [2.45, 2.75) is 44.9 Å². The molecular formula is C23H26FeO5-6. The zero-order valence-corrected chi connectivity index (χ0v) is 17.6. The molecule has 1 unspecified atom stereocenters. The molecule has 0 aromatic heterocycles. The summed E-state index contributed by atoms with van der Waals surface area (Å²) in [4.78, 5) is 45.3. The van der Waals surface area contributed by atoms with Gasteiger partial charge in [-0.2, -0.15) is 12.1 Å². The van der Waals surface area contributed by atoms with Gasteiger partial charge in [0.1, 0.15) is 11.6 Å². The van der Waals surface area contributed by atoms with Crippen LogP contribution in [0.2, 0.25) is 0 Å². The fourth-order valence-electron chi connectivity index (χ4n) is 3.19. The van der Waals surface area contributed by atoms with Gasteiger partial charge in [0.2, 0.25) is 0 Å². The van der Waals surface area contributed by atoms with E-state index < -0.39 is 0 Å². The van der Waals surface area contributed by atoms with E-state index in [4.69, 9.17) is 0 Å². The molecule has 0 aliphatic heterocycles. The first kappa shape index (κ1) is 24.7. The van der Waals surface area contributed by atoms with Gasteiger partial charge in [-0.25, -0.2) is 17.9 Å². The van der Waals surface area contributed by atoms with Crippen LogP contribution in [0.5, 0.6) is 0 Å². The maximum absolute atomic E-state index is 11.7. The number of hydrogen-bond acceptors (Lipinski definition) is 5. The Morgan fingerprint density at radius 2 is 1.72 bits per heavy atom. The zero-order valence-electron chi connectivity index (χ0n) is 16.5. The summed E-state index contributed by atoms with van der Waals surface area (Å²) in [6, 6.07) is 14.5. The first-order chi connectivity index (χ1) is 13.5. The van der Waals surface area contributed by atoms with Crippen LogP contribution < -0.4 is 0 Å². The average molecular weight is 438 g/mol. The maximum Gasteiger partial charge on any atom is 0.305 e. The topological polar surface area (TPSA) is 77.5 Å². The second kappa shape index (κ2) is 13.0. The number of ether oxygens (including phenoxy) is 1. The van der Waals surface area contributed by atoms with Crippen LogP contribution in [-0.4, -0.2) is 30.4 Å². The molecule has 0 N–H and O–H groups in total.